The Kier molecular flexibility index (Phi) is 4.83. The van der Waals surface area contributed by atoms with Crippen molar-refractivity contribution in [2.24, 2.45) is 5.41 Å². The number of aliphatic hydroxyl groups excluding tert-OH is 1. The molecule has 0 heterocycles. The first kappa shape index (κ1) is 15.5. The second-order valence-corrected chi connectivity index (χ2v) is 7.88. The van der Waals surface area contributed by atoms with Crippen LogP contribution in [0.2, 0.25) is 0 Å². The number of benzene rings is 1. The lowest BCUT2D eigenvalue weighted by atomic mass is 9.89. The van der Waals surface area contributed by atoms with E-state index in [0.717, 1.165) is 18.4 Å². The van der Waals surface area contributed by atoms with E-state index >= 15 is 0 Å². The molecule has 0 aliphatic heterocycles. The maximum absolute atomic E-state index is 12.1. The smallest absolute Gasteiger partial charge is 0.215 e. The standard InChI is InChI=1S/C15H23NO3S/c1-15(7-2-3-8-15)12-16-20(18,19)11-14-6-4-5-13(9-14)10-17/h4-6,9,16-17H,2-3,7-8,10-12H2,1H3. The van der Waals surface area contributed by atoms with Crippen LogP contribution in [0, 0.1) is 5.41 Å². The van der Waals surface area contributed by atoms with Crippen LogP contribution in [-0.4, -0.2) is 20.1 Å². The zero-order valence-corrected chi connectivity index (χ0v) is 12.7. The molecule has 1 aromatic carbocycles. The SMILES string of the molecule is CC1(CNS(=O)(=O)Cc2cccc(CO)c2)CCCC1. The monoisotopic (exact) mass is 297 g/mol. The molecule has 1 fully saturated rings. The Balaban J connectivity index is 1.96. The van der Waals surface area contributed by atoms with Crippen molar-refractivity contribution in [2.75, 3.05) is 6.54 Å². The Labute approximate surface area is 121 Å². The summed E-state index contributed by atoms with van der Waals surface area (Å²) >= 11 is 0. The van der Waals surface area contributed by atoms with E-state index < -0.39 is 10.0 Å². The van der Waals surface area contributed by atoms with Gasteiger partial charge in [-0.25, -0.2) is 13.1 Å². The third kappa shape index (κ3) is 4.30. The summed E-state index contributed by atoms with van der Waals surface area (Å²) < 4.78 is 27.0. The predicted octanol–water partition coefficient (Wildman–Crippen LogP) is 2.18. The van der Waals surface area contributed by atoms with Gasteiger partial charge < -0.3 is 5.11 Å². The maximum Gasteiger partial charge on any atom is 0.215 e. The number of sulfonamides is 1. The summed E-state index contributed by atoms with van der Waals surface area (Å²) in [5, 5.41) is 9.08. The van der Waals surface area contributed by atoms with Crippen molar-refractivity contribution >= 4 is 10.0 Å². The molecule has 1 saturated carbocycles. The molecule has 1 aliphatic carbocycles. The minimum Gasteiger partial charge on any atom is -0.392 e. The largest absolute Gasteiger partial charge is 0.392 e. The summed E-state index contributed by atoms with van der Waals surface area (Å²) in [6.45, 7) is 2.60. The Morgan fingerprint density at radius 3 is 2.55 bits per heavy atom. The number of nitrogens with one attached hydrogen (secondary N) is 1. The average molecular weight is 297 g/mol. The summed E-state index contributed by atoms with van der Waals surface area (Å²) in [6, 6.07) is 7.06. The quantitative estimate of drug-likeness (QED) is 0.846. The second kappa shape index (κ2) is 6.24. The molecule has 0 bridgehead atoms. The average Bonchev–Trinajstić information content (AvgIpc) is 2.84. The van der Waals surface area contributed by atoms with E-state index in [1.54, 1.807) is 24.3 Å². The lowest BCUT2D eigenvalue weighted by Crippen LogP contribution is -2.34. The molecule has 2 N–H and O–H groups in total. The molecule has 0 saturated heterocycles. The van der Waals surface area contributed by atoms with Crippen LogP contribution in [-0.2, 0) is 22.4 Å². The molecule has 0 aromatic heterocycles. The molecule has 0 atom stereocenters. The topological polar surface area (TPSA) is 66.4 Å². The first-order valence-corrected chi connectivity index (χ1v) is 8.74. The number of hydrogen-bond donors (Lipinski definition) is 2. The highest BCUT2D eigenvalue weighted by molar-refractivity contribution is 7.88. The fraction of sp³-hybridized carbons (Fsp3) is 0.600. The summed E-state index contributed by atoms with van der Waals surface area (Å²) in [6.07, 6.45) is 4.57. The van der Waals surface area contributed by atoms with Crippen LogP contribution in [0.1, 0.15) is 43.7 Å². The van der Waals surface area contributed by atoms with Gasteiger partial charge in [0.2, 0.25) is 10.0 Å². The van der Waals surface area contributed by atoms with Crippen LogP contribution in [0.15, 0.2) is 24.3 Å². The van der Waals surface area contributed by atoms with E-state index in [9.17, 15) is 8.42 Å². The molecule has 1 aromatic rings. The third-order valence-corrected chi connectivity index (χ3v) is 5.36. The van der Waals surface area contributed by atoms with Gasteiger partial charge >= 0.3 is 0 Å². The van der Waals surface area contributed by atoms with E-state index in [0.29, 0.717) is 12.1 Å². The molecule has 112 valence electrons. The molecular formula is C15H23NO3S. The normalized spacial score (nSPS) is 18.3. The molecular weight excluding hydrogens is 274 g/mol. The highest BCUT2D eigenvalue weighted by Crippen LogP contribution is 2.36. The minimum atomic E-state index is -3.32. The molecule has 2 rings (SSSR count). The number of aliphatic hydroxyl groups is 1. The van der Waals surface area contributed by atoms with Crippen molar-refractivity contribution in [3.8, 4) is 0 Å². The first-order valence-electron chi connectivity index (χ1n) is 7.09. The van der Waals surface area contributed by atoms with Crippen LogP contribution in [0.3, 0.4) is 0 Å². The van der Waals surface area contributed by atoms with Crippen LogP contribution < -0.4 is 4.72 Å². The van der Waals surface area contributed by atoms with E-state index in [1.807, 2.05) is 0 Å². The fourth-order valence-corrected chi connectivity index (χ4v) is 4.07. The fourth-order valence-electron chi connectivity index (χ4n) is 2.78. The van der Waals surface area contributed by atoms with Crippen molar-refractivity contribution in [2.45, 2.75) is 45.0 Å². The van der Waals surface area contributed by atoms with E-state index in [4.69, 9.17) is 5.11 Å². The van der Waals surface area contributed by atoms with Crippen LogP contribution in [0.4, 0.5) is 0 Å². The Hall–Kier alpha value is -0.910. The van der Waals surface area contributed by atoms with Gasteiger partial charge in [-0.05, 0) is 29.4 Å². The van der Waals surface area contributed by atoms with Gasteiger partial charge in [-0.15, -0.1) is 0 Å². The van der Waals surface area contributed by atoms with Crippen LogP contribution in [0.5, 0.6) is 0 Å². The van der Waals surface area contributed by atoms with Gasteiger partial charge in [0.1, 0.15) is 0 Å². The van der Waals surface area contributed by atoms with Gasteiger partial charge in [-0.3, -0.25) is 0 Å². The van der Waals surface area contributed by atoms with Crippen molar-refractivity contribution in [3.63, 3.8) is 0 Å². The van der Waals surface area contributed by atoms with Crippen LogP contribution >= 0.6 is 0 Å². The Morgan fingerprint density at radius 2 is 1.90 bits per heavy atom. The lowest BCUT2D eigenvalue weighted by molar-refractivity contribution is 0.282. The van der Waals surface area contributed by atoms with Gasteiger partial charge in [0, 0.05) is 6.54 Å². The zero-order valence-electron chi connectivity index (χ0n) is 11.9. The lowest BCUT2D eigenvalue weighted by Gasteiger charge is -2.23. The minimum absolute atomic E-state index is 0.0308. The molecule has 1 aliphatic rings. The molecule has 5 heteroatoms. The summed E-state index contributed by atoms with van der Waals surface area (Å²) in [4.78, 5) is 0. The number of rotatable bonds is 6. The van der Waals surface area contributed by atoms with Crippen molar-refractivity contribution < 1.29 is 13.5 Å². The molecule has 4 nitrogen and oxygen atoms in total. The predicted molar refractivity (Wildman–Crippen MR) is 79.6 cm³/mol. The maximum atomic E-state index is 12.1. The van der Waals surface area contributed by atoms with Crippen molar-refractivity contribution in [1.29, 1.82) is 0 Å². The molecule has 0 unspecified atom stereocenters. The first-order chi connectivity index (χ1) is 9.42. The third-order valence-electron chi connectivity index (χ3n) is 4.06. The van der Waals surface area contributed by atoms with Gasteiger partial charge in [0.05, 0.1) is 12.4 Å². The molecule has 0 radical (unpaired) electrons. The van der Waals surface area contributed by atoms with Crippen LogP contribution in [0.25, 0.3) is 0 Å². The Morgan fingerprint density at radius 1 is 1.25 bits per heavy atom. The highest BCUT2D eigenvalue weighted by atomic mass is 32.2. The van der Waals surface area contributed by atoms with Gasteiger partial charge in [0.15, 0.2) is 0 Å². The number of hydrogen-bond acceptors (Lipinski definition) is 3. The highest BCUT2D eigenvalue weighted by Gasteiger charge is 2.29. The molecule has 0 amide bonds. The summed E-state index contributed by atoms with van der Waals surface area (Å²) in [5.41, 5.74) is 1.56. The molecule has 0 spiro atoms. The van der Waals surface area contributed by atoms with E-state index in [1.165, 1.54) is 12.8 Å². The van der Waals surface area contributed by atoms with Gasteiger partial charge in [-0.1, -0.05) is 44.0 Å². The van der Waals surface area contributed by atoms with Crippen molar-refractivity contribution in [1.82, 2.24) is 4.72 Å². The summed E-state index contributed by atoms with van der Waals surface area (Å²) in [5.74, 6) is -0.0308. The molecule has 20 heavy (non-hydrogen) atoms. The second-order valence-electron chi connectivity index (χ2n) is 6.08. The zero-order chi connectivity index (χ0) is 14.6. The van der Waals surface area contributed by atoms with Crippen molar-refractivity contribution in [3.05, 3.63) is 35.4 Å². The summed E-state index contributed by atoms with van der Waals surface area (Å²) in [7, 11) is -3.32. The van der Waals surface area contributed by atoms with E-state index in [-0.39, 0.29) is 17.8 Å². The van der Waals surface area contributed by atoms with E-state index in [2.05, 4.69) is 11.6 Å². The van der Waals surface area contributed by atoms with Gasteiger partial charge in [-0.2, -0.15) is 0 Å². The Bertz CT molecular complexity index is 548. The van der Waals surface area contributed by atoms with Gasteiger partial charge in [0.25, 0.3) is 0 Å².